The highest BCUT2D eigenvalue weighted by molar-refractivity contribution is 5.31. The zero-order chi connectivity index (χ0) is 14.4. The van der Waals surface area contributed by atoms with E-state index in [1.165, 1.54) is 0 Å². The molecule has 1 heterocycles. The number of benzene rings is 1. The normalized spacial score (nSPS) is 13.2. The first-order chi connectivity index (χ1) is 9.75. The number of rotatable bonds is 5. The van der Waals surface area contributed by atoms with Crippen LogP contribution in [0.2, 0.25) is 0 Å². The lowest BCUT2D eigenvalue weighted by molar-refractivity contribution is 0.375. The monoisotopic (exact) mass is 265 g/mol. The van der Waals surface area contributed by atoms with Gasteiger partial charge in [-0.15, -0.1) is 0 Å². The van der Waals surface area contributed by atoms with Crippen molar-refractivity contribution in [1.82, 2.24) is 14.9 Å². The molecule has 0 aliphatic rings. The topological polar surface area (TPSA) is 77.4 Å². The Hall–Kier alpha value is -2.63. The molecule has 1 N–H and O–H groups in total. The van der Waals surface area contributed by atoms with Gasteiger partial charge in [-0.3, -0.25) is 5.32 Å². The number of nitrogens with zero attached hydrogens (tertiary/aromatic N) is 4. The molecule has 5 heteroatoms. The molecule has 0 fully saturated rings. The minimum absolute atomic E-state index is 0.304. The lowest BCUT2D eigenvalue weighted by Crippen LogP contribution is -2.44. The third kappa shape index (κ3) is 2.54. The second-order valence-corrected chi connectivity index (χ2v) is 4.40. The van der Waals surface area contributed by atoms with Crippen molar-refractivity contribution < 1.29 is 0 Å². The molecule has 0 aliphatic heterocycles. The van der Waals surface area contributed by atoms with Crippen molar-refractivity contribution in [2.75, 3.05) is 6.54 Å². The highest BCUT2D eigenvalue weighted by atomic mass is 15.1. The molecule has 20 heavy (non-hydrogen) atoms. The quantitative estimate of drug-likeness (QED) is 0.894. The first-order valence-electron chi connectivity index (χ1n) is 6.39. The van der Waals surface area contributed by atoms with E-state index in [1.54, 1.807) is 17.0 Å². The largest absolute Gasteiger partial charge is 0.319 e. The summed E-state index contributed by atoms with van der Waals surface area (Å²) in [5.74, 6) is 0.304. The van der Waals surface area contributed by atoms with Crippen molar-refractivity contribution in [2.45, 2.75) is 19.0 Å². The van der Waals surface area contributed by atoms with Crippen LogP contribution in [0, 0.1) is 22.7 Å². The number of nitriles is 2. The van der Waals surface area contributed by atoms with E-state index in [1.807, 2.05) is 43.3 Å². The second-order valence-electron chi connectivity index (χ2n) is 4.40. The van der Waals surface area contributed by atoms with E-state index < -0.39 is 5.54 Å². The lowest BCUT2D eigenvalue weighted by atomic mass is 9.91. The second kappa shape index (κ2) is 6.01. The molecule has 2 aromatic rings. The molecule has 1 aromatic carbocycles. The van der Waals surface area contributed by atoms with Gasteiger partial charge in [-0.05, 0) is 12.1 Å². The van der Waals surface area contributed by atoms with Gasteiger partial charge in [0, 0.05) is 12.4 Å². The van der Waals surface area contributed by atoms with E-state index in [-0.39, 0.29) is 0 Å². The highest BCUT2D eigenvalue weighted by Gasteiger charge is 2.32. The summed E-state index contributed by atoms with van der Waals surface area (Å²) in [4.78, 5) is 3.97. The van der Waals surface area contributed by atoms with Crippen LogP contribution in [0.1, 0.15) is 18.3 Å². The van der Waals surface area contributed by atoms with E-state index >= 15 is 0 Å². The molecule has 0 saturated heterocycles. The first kappa shape index (κ1) is 13.8. The molecule has 5 nitrogen and oxygen atoms in total. The zero-order valence-corrected chi connectivity index (χ0v) is 11.2. The van der Waals surface area contributed by atoms with E-state index in [4.69, 9.17) is 5.26 Å². The third-order valence-corrected chi connectivity index (χ3v) is 3.16. The van der Waals surface area contributed by atoms with Gasteiger partial charge in [0.2, 0.25) is 5.82 Å². The Labute approximate surface area is 118 Å². The summed E-state index contributed by atoms with van der Waals surface area (Å²) < 4.78 is 1.69. The number of imidazole rings is 1. The van der Waals surface area contributed by atoms with Gasteiger partial charge in [-0.25, -0.2) is 4.98 Å². The molecule has 0 saturated carbocycles. The molecule has 0 bridgehead atoms. The average Bonchev–Trinajstić information content (AvgIpc) is 2.94. The summed E-state index contributed by atoms with van der Waals surface area (Å²) in [6.45, 7) is 2.94. The van der Waals surface area contributed by atoms with E-state index in [0.717, 1.165) is 5.56 Å². The van der Waals surface area contributed by atoms with E-state index in [0.29, 0.717) is 18.9 Å². The van der Waals surface area contributed by atoms with Crippen molar-refractivity contribution in [2.24, 2.45) is 0 Å². The molecule has 100 valence electrons. The molecule has 2 rings (SSSR count). The van der Waals surface area contributed by atoms with Gasteiger partial charge >= 0.3 is 0 Å². The van der Waals surface area contributed by atoms with Crippen molar-refractivity contribution >= 4 is 0 Å². The maximum atomic E-state index is 9.69. The maximum absolute atomic E-state index is 9.69. The number of hydrogen-bond donors (Lipinski definition) is 1. The highest BCUT2D eigenvalue weighted by Crippen LogP contribution is 2.23. The Morgan fingerprint density at radius 2 is 2.05 bits per heavy atom. The van der Waals surface area contributed by atoms with Crippen LogP contribution in [0.5, 0.6) is 0 Å². The average molecular weight is 265 g/mol. The Kier molecular flexibility index (Phi) is 4.14. The first-order valence-corrected chi connectivity index (χ1v) is 6.39. The summed E-state index contributed by atoms with van der Waals surface area (Å²) in [5, 5.41) is 22.0. The van der Waals surface area contributed by atoms with Gasteiger partial charge in [0.25, 0.3) is 0 Å². The summed E-state index contributed by atoms with van der Waals surface area (Å²) in [7, 11) is 0. The van der Waals surface area contributed by atoms with Gasteiger partial charge in [0.1, 0.15) is 11.6 Å². The van der Waals surface area contributed by atoms with Crippen LogP contribution in [0.25, 0.3) is 0 Å². The lowest BCUT2D eigenvalue weighted by Gasteiger charge is -2.28. The Balaban J connectivity index is 2.44. The Bertz CT molecular complexity index is 647. The predicted molar refractivity (Wildman–Crippen MR) is 74.4 cm³/mol. The van der Waals surface area contributed by atoms with Crippen LogP contribution >= 0.6 is 0 Å². The molecule has 0 amide bonds. The molecule has 0 spiro atoms. The summed E-state index contributed by atoms with van der Waals surface area (Å²) >= 11 is 0. The van der Waals surface area contributed by atoms with Crippen molar-refractivity contribution in [3.63, 3.8) is 0 Å². The fourth-order valence-corrected chi connectivity index (χ4v) is 2.22. The number of likely N-dealkylation sites (N-methyl/N-ethyl adjacent to an activating group) is 1. The van der Waals surface area contributed by atoms with Gasteiger partial charge in [0.15, 0.2) is 0 Å². The standard InChI is InChI=1S/C15H15N5/c1-2-19-15(11-17,13-6-4-3-5-7-13)12-20-9-8-18-14(20)10-16/h3-9,19H,2,12H2,1H3. The molecule has 1 unspecified atom stereocenters. The van der Waals surface area contributed by atoms with Gasteiger partial charge < -0.3 is 4.57 Å². The molecule has 0 aliphatic carbocycles. The molecular formula is C15H15N5. The number of hydrogen-bond acceptors (Lipinski definition) is 4. The van der Waals surface area contributed by atoms with Crippen molar-refractivity contribution in [3.8, 4) is 12.1 Å². The third-order valence-electron chi connectivity index (χ3n) is 3.16. The fourth-order valence-electron chi connectivity index (χ4n) is 2.22. The van der Waals surface area contributed by atoms with Crippen LogP contribution in [-0.2, 0) is 12.1 Å². The van der Waals surface area contributed by atoms with E-state index in [9.17, 15) is 5.26 Å². The van der Waals surface area contributed by atoms with Gasteiger partial charge in [-0.2, -0.15) is 10.5 Å². The predicted octanol–water partition coefficient (Wildman–Crippen LogP) is 1.78. The van der Waals surface area contributed by atoms with Crippen LogP contribution in [0.15, 0.2) is 42.7 Å². The zero-order valence-electron chi connectivity index (χ0n) is 11.2. The summed E-state index contributed by atoms with van der Waals surface area (Å²) in [6, 6.07) is 13.9. The Morgan fingerprint density at radius 3 is 2.65 bits per heavy atom. The minimum Gasteiger partial charge on any atom is -0.319 e. The number of aromatic nitrogens is 2. The molecule has 0 radical (unpaired) electrons. The molecular weight excluding hydrogens is 250 g/mol. The van der Waals surface area contributed by atoms with Crippen LogP contribution in [0.3, 0.4) is 0 Å². The molecule has 1 atom stereocenters. The van der Waals surface area contributed by atoms with E-state index in [2.05, 4.69) is 16.4 Å². The smallest absolute Gasteiger partial charge is 0.212 e. The Morgan fingerprint density at radius 1 is 1.30 bits per heavy atom. The van der Waals surface area contributed by atoms with Gasteiger partial charge in [0.05, 0.1) is 12.6 Å². The van der Waals surface area contributed by atoms with Crippen LogP contribution in [0.4, 0.5) is 0 Å². The summed E-state index contributed by atoms with van der Waals surface area (Å²) in [5.41, 5.74) is 0.00409. The van der Waals surface area contributed by atoms with Crippen LogP contribution < -0.4 is 5.32 Å². The maximum Gasteiger partial charge on any atom is 0.212 e. The van der Waals surface area contributed by atoms with Crippen molar-refractivity contribution in [3.05, 3.63) is 54.1 Å². The fraction of sp³-hybridized carbons (Fsp3) is 0.267. The SMILES string of the molecule is CCNC(C#N)(Cn1ccnc1C#N)c1ccccc1. The number of nitrogens with one attached hydrogen (secondary N) is 1. The van der Waals surface area contributed by atoms with Gasteiger partial charge in [-0.1, -0.05) is 37.3 Å². The van der Waals surface area contributed by atoms with Crippen molar-refractivity contribution in [1.29, 1.82) is 10.5 Å². The minimum atomic E-state index is -0.873. The van der Waals surface area contributed by atoms with Crippen LogP contribution in [-0.4, -0.2) is 16.1 Å². The molecule has 1 aromatic heterocycles. The summed E-state index contributed by atoms with van der Waals surface area (Å²) in [6.07, 6.45) is 3.28.